The summed E-state index contributed by atoms with van der Waals surface area (Å²) in [5.74, 6) is 0. The first kappa shape index (κ1) is 24.9. The zero-order valence-corrected chi connectivity index (χ0v) is 25.5. The Hall–Kier alpha value is -4.68. The number of hydrogen-bond donors (Lipinski definition) is 0. The molecule has 206 valence electrons. The van der Waals surface area contributed by atoms with Gasteiger partial charge in [0.05, 0.1) is 0 Å². The maximum atomic E-state index is 2.56. The molecule has 0 amide bonds. The standard InChI is InChI=1S/C43H34/c1-25-26-14-6-8-16-28(26)38(29-17-9-7-15-27(25)29)33-24-37-40(32-19-11-13-21-35(32)43(37,4)5)41-30(33)22-23-36-39(41)31-18-10-12-20-34(31)42(36,2)3/h6-24H,1-5H3. The number of rotatable bonds is 1. The molecule has 0 spiro atoms. The monoisotopic (exact) mass is 550 g/mol. The molecule has 2 aliphatic rings. The Bertz CT molecular complexity index is 2270. The molecule has 2 aliphatic carbocycles. The van der Waals surface area contributed by atoms with Crippen molar-refractivity contribution >= 4 is 32.3 Å². The first-order valence-electron chi connectivity index (χ1n) is 15.5. The van der Waals surface area contributed by atoms with Crippen LogP contribution in [-0.2, 0) is 10.8 Å². The Kier molecular flexibility index (Phi) is 4.76. The molecule has 7 aromatic carbocycles. The van der Waals surface area contributed by atoms with E-state index in [-0.39, 0.29) is 10.8 Å². The van der Waals surface area contributed by atoms with Crippen molar-refractivity contribution < 1.29 is 0 Å². The lowest BCUT2D eigenvalue weighted by molar-refractivity contribution is 0.660. The number of fused-ring (bicyclic) bond motifs is 11. The molecule has 0 unspecified atom stereocenters. The van der Waals surface area contributed by atoms with Crippen molar-refractivity contribution in [3.63, 3.8) is 0 Å². The molecule has 0 atom stereocenters. The fourth-order valence-corrected chi connectivity index (χ4v) is 8.71. The van der Waals surface area contributed by atoms with Crippen molar-refractivity contribution in [3.05, 3.63) is 143 Å². The van der Waals surface area contributed by atoms with E-state index in [0.29, 0.717) is 0 Å². The predicted molar refractivity (Wildman–Crippen MR) is 184 cm³/mol. The van der Waals surface area contributed by atoms with E-state index in [1.54, 1.807) is 0 Å². The van der Waals surface area contributed by atoms with Gasteiger partial charge in [-0.3, -0.25) is 0 Å². The summed E-state index contributed by atoms with van der Waals surface area (Å²) in [4.78, 5) is 0. The molecular formula is C43H34. The largest absolute Gasteiger partial charge is 0.0619 e. The van der Waals surface area contributed by atoms with Crippen LogP contribution < -0.4 is 0 Å². The molecule has 0 N–H and O–H groups in total. The topological polar surface area (TPSA) is 0 Å². The second-order valence-electron chi connectivity index (χ2n) is 13.7. The van der Waals surface area contributed by atoms with E-state index in [1.807, 2.05) is 0 Å². The lowest BCUT2D eigenvalue weighted by atomic mass is 9.77. The summed E-state index contributed by atoms with van der Waals surface area (Å²) >= 11 is 0. The van der Waals surface area contributed by atoms with Crippen LogP contribution in [0.15, 0.2) is 115 Å². The molecular weight excluding hydrogens is 516 g/mol. The molecule has 0 fully saturated rings. The second-order valence-corrected chi connectivity index (χ2v) is 13.7. The van der Waals surface area contributed by atoms with Crippen LogP contribution in [0.25, 0.3) is 65.7 Å². The normalized spacial score (nSPS) is 15.5. The third kappa shape index (κ3) is 3.01. The van der Waals surface area contributed by atoms with E-state index in [2.05, 4.69) is 150 Å². The second kappa shape index (κ2) is 8.23. The molecule has 0 aromatic heterocycles. The van der Waals surface area contributed by atoms with Crippen LogP contribution in [0.5, 0.6) is 0 Å². The summed E-state index contributed by atoms with van der Waals surface area (Å²) in [5.41, 5.74) is 15.2. The van der Waals surface area contributed by atoms with E-state index < -0.39 is 0 Å². The molecule has 0 heterocycles. The average molecular weight is 551 g/mol. The highest BCUT2D eigenvalue weighted by Gasteiger charge is 2.41. The van der Waals surface area contributed by atoms with Crippen LogP contribution >= 0.6 is 0 Å². The van der Waals surface area contributed by atoms with Gasteiger partial charge in [-0.15, -0.1) is 0 Å². The highest BCUT2D eigenvalue weighted by Crippen LogP contribution is 2.59. The van der Waals surface area contributed by atoms with Crippen molar-refractivity contribution in [1.82, 2.24) is 0 Å². The van der Waals surface area contributed by atoms with E-state index >= 15 is 0 Å². The summed E-state index contributed by atoms with van der Waals surface area (Å²) in [6, 6.07) is 43.7. The smallest absolute Gasteiger partial charge is 0.0159 e. The van der Waals surface area contributed by atoms with Gasteiger partial charge in [-0.25, -0.2) is 0 Å². The highest BCUT2D eigenvalue weighted by atomic mass is 14.4. The van der Waals surface area contributed by atoms with Crippen LogP contribution in [0, 0.1) is 6.92 Å². The van der Waals surface area contributed by atoms with Gasteiger partial charge in [-0.1, -0.05) is 137 Å². The summed E-state index contributed by atoms with van der Waals surface area (Å²) < 4.78 is 0. The molecule has 0 saturated carbocycles. The van der Waals surface area contributed by atoms with Crippen LogP contribution in [-0.4, -0.2) is 0 Å². The maximum Gasteiger partial charge on any atom is 0.0159 e. The lowest BCUT2D eigenvalue weighted by Gasteiger charge is -2.25. The van der Waals surface area contributed by atoms with Crippen LogP contribution in [0.4, 0.5) is 0 Å². The minimum absolute atomic E-state index is 0.0557. The number of hydrogen-bond acceptors (Lipinski definition) is 0. The van der Waals surface area contributed by atoms with E-state index in [9.17, 15) is 0 Å². The van der Waals surface area contributed by atoms with Gasteiger partial charge in [0.1, 0.15) is 0 Å². The number of aryl methyl sites for hydroxylation is 1. The van der Waals surface area contributed by atoms with Crippen LogP contribution in [0.3, 0.4) is 0 Å². The van der Waals surface area contributed by atoms with Crippen molar-refractivity contribution in [1.29, 1.82) is 0 Å². The lowest BCUT2D eigenvalue weighted by Crippen LogP contribution is -2.15. The van der Waals surface area contributed by atoms with Crippen LogP contribution in [0.1, 0.15) is 55.5 Å². The van der Waals surface area contributed by atoms with Crippen molar-refractivity contribution in [2.75, 3.05) is 0 Å². The van der Waals surface area contributed by atoms with Crippen molar-refractivity contribution in [2.24, 2.45) is 0 Å². The molecule has 0 saturated heterocycles. The Morgan fingerprint density at radius 1 is 0.372 bits per heavy atom. The summed E-state index contributed by atoms with van der Waals surface area (Å²) in [6.07, 6.45) is 0. The Morgan fingerprint density at radius 3 is 1.42 bits per heavy atom. The van der Waals surface area contributed by atoms with E-state index in [1.165, 1.54) is 93.5 Å². The molecule has 0 bridgehead atoms. The molecule has 0 nitrogen and oxygen atoms in total. The van der Waals surface area contributed by atoms with Gasteiger partial charge in [0, 0.05) is 10.8 Å². The third-order valence-electron chi connectivity index (χ3n) is 10.9. The molecule has 43 heavy (non-hydrogen) atoms. The van der Waals surface area contributed by atoms with Crippen molar-refractivity contribution in [2.45, 2.75) is 45.4 Å². The van der Waals surface area contributed by atoms with Gasteiger partial charge in [0.15, 0.2) is 0 Å². The summed E-state index contributed by atoms with van der Waals surface area (Å²) in [6.45, 7) is 11.9. The summed E-state index contributed by atoms with van der Waals surface area (Å²) in [5, 5.41) is 8.08. The molecule has 0 radical (unpaired) electrons. The minimum Gasteiger partial charge on any atom is -0.0619 e. The van der Waals surface area contributed by atoms with Crippen molar-refractivity contribution in [3.8, 4) is 33.4 Å². The van der Waals surface area contributed by atoms with Gasteiger partial charge in [-0.2, -0.15) is 0 Å². The van der Waals surface area contributed by atoms with Gasteiger partial charge >= 0.3 is 0 Å². The SMILES string of the molecule is Cc1c2ccccc2c(-c2cc3c(c4c5c(ccc24)C(C)(C)c2ccccc2-5)-c2ccccc2C3(C)C)c2ccccc12. The van der Waals surface area contributed by atoms with Gasteiger partial charge in [-0.05, 0) is 107 Å². The maximum absolute atomic E-state index is 2.56. The first-order valence-corrected chi connectivity index (χ1v) is 15.5. The zero-order valence-electron chi connectivity index (χ0n) is 25.5. The Labute approximate surface area is 253 Å². The van der Waals surface area contributed by atoms with E-state index in [4.69, 9.17) is 0 Å². The molecule has 7 aromatic rings. The quantitative estimate of drug-likeness (QED) is 0.178. The van der Waals surface area contributed by atoms with Gasteiger partial charge < -0.3 is 0 Å². The van der Waals surface area contributed by atoms with Crippen LogP contribution in [0.2, 0.25) is 0 Å². The van der Waals surface area contributed by atoms with Gasteiger partial charge in [0.2, 0.25) is 0 Å². The third-order valence-corrected chi connectivity index (χ3v) is 10.9. The zero-order chi connectivity index (χ0) is 29.2. The fraction of sp³-hybridized carbons (Fsp3) is 0.163. The average Bonchev–Trinajstić information content (AvgIpc) is 3.41. The molecule has 9 rings (SSSR count). The van der Waals surface area contributed by atoms with E-state index in [0.717, 1.165) is 0 Å². The summed E-state index contributed by atoms with van der Waals surface area (Å²) in [7, 11) is 0. The first-order chi connectivity index (χ1) is 20.8. The predicted octanol–water partition coefficient (Wildman–Crippen LogP) is 11.7. The highest BCUT2D eigenvalue weighted by molar-refractivity contribution is 6.23. The Morgan fingerprint density at radius 2 is 0.837 bits per heavy atom. The molecule has 0 heteroatoms. The molecule has 0 aliphatic heterocycles. The number of benzene rings is 7. The van der Waals surface area contributed by atoms with Gasteiger partial charge in [0.25, 0.3) is 0 Å². The fourth-order valence-electron chi connectivity index (χ4n) is 8.71. The minimum atomic E-state index is -0.110. The Balaban J connectivity index is 1.56.